The number of nitrogens with zero attached hydrogens (tertiary/aromatic N) is 3. The average molecular weight is 323 g/mol. The van der Waals surface area contributed by atoms with Gasteiger partial charge in [-0.15, -0.1) is 0 Å². The number of benzene rings is 1. The Hall–Kier alpha value is -2.15. The fraction of sp³-hybridized carbons (Fsp3) is 0.500. The summed E-state index contributed by atoms with van der Waals surface area (Å²) in [7, 11) is 5.23. The first-order chi connectivity index (χ1) is 10.9. The van der Waals surface area contributed by atoms with E-state index in [2.05, 4.69) is 0 Å². The monoisotopic (exact) mass is 323 g/mol. The number of likely N-dealkylation sites (N-methyl/N-ethyl adjacent to an activating group) is 2. The number of carbonyl (C=O) groups is 2. The highest BCUT2D eigenvalue weighted by molar-refractivity contribution is 5.88. The number of hydrogen-bond acceptors (Lipinski definition) is 4. The number of rotatable bonds is 4. The molecule has 7 heteroatoms. The van der Waals surface area contributed by atoms with Crippen molar-refractivity contribution in [3.8, 4) is 5.75 Å². The maximum Gasteiger partial charge on any atom is 0.261 e. The zero-order valence-electron chi connectivity index (χ0n) is 13.7. The lowest BCUT2D eigenvalue weighted by Gasteiger charge is -2.39. The van der Waals surface area contributed by atoms with E-state index in [9.17, 15) is 14.0 Å². The first-order valence-electron chi connectivity index (χ1n) is 7.46. The first-order valence-corrected chi connectivity index (χ1v) is 7.46. The van der Waals surface area contributed by atoms with Gasteiger partial charge in [-0.05, 0) is 19.2 Å². The molecule has 1 fully saturated rings. The van der Waals surface area contributed by atoms with Crippen LogP contribution >= 0.6 is 0 Å². The molecule has 0 spiro atoms. The summed E-state index contributed by atoms with van der Waals surface area (Å²) < 4.78 is 18.8. The van der Waals surface area contributed by atoms with E-state index in [4.69, 9.17) is 4.74 Å². The van der Waals surface area contributed by atoms with E-state index in [0.29, 0.717) is 19.6 Å². The number of ether oxygens (including phenoxy) is 1. The molecular formula is C16H22FN3O3. The van der Waals surface area contributed by atoms with E-state index in [1.165, 1.54) is 21.9 Å². The van der Waals surface area contributed by atoms with Gasteiger partial charge in [0.1, 0.15) is 6.04 Å². The Morgan fingerprint density at radius 3 is 2.65 bits per heavy atom. The Kier molecular flexibility index (Phi) is 5.54. The Bertz CT molecular complexity index is 579. The molecule has 1 aliphatic rings. The van der Waals surface area contributed by atoms with Crippen LogP contribution in [0.3, 0.4) is 0 Å². The molecule has 1 atom stereocenters. The first kappa shape index (κ1) is 17.2. The molecule has 1 unspecified atom stereocenters. The molecule has 1 saturated heterocycles. The molecule has 0 radical (unpaired) electrons. The van der Waals surface area contributed by atoms with Crippen LogP contribution in [0.4, 0.5) is 4.39 Å². The minimum atomic E-state index is -0.541. The van der Waals surface area contributed by atoms with Gasteiger partial charge in [0.25, 0.3) is 5.91 Å². The van der Waals surface area contributed by atoms with Crippen LogP contribution in [-0.4, -0.2) is 79.9 Å². The minimum Gasteiger partial charge on any atom is -0.481 e. The highest BCUT2D eigenvalue weighted by Gasteiger charge is 2.35. The van der Waals surface area contributed by atoms with Crippen LogP contribution in [0.1, 0.15) is 0 Å². The number of halogens is 1. The Balaban J connectivity index is 2.04. The van der Waals surface area contributed by atoms with Crippen LogP contribution in [0.2, 0.25) is 0 Å². The second kappa shape index (κ2) is 7.41. The largest absolute Gasteiger partial charge is 0.481 e. The van der Waals surface area contributed by atoms with Crippen molar-refractivity contribution in [3.05, 3.63) is 30.1 Å². The summed E-state index contributed by atoms with van der Waals surface area (Å²) in [4.78, 5) is 29.7. The molecule has 1 heterocycles. The van der Waals surface area contributed by atoms with Crippen molar-refractivity contribution in [2.24, 2.45) is 0 Å². The normalized spacial score (nSPS) is 18.6. The van der Waals surface area contributed by atoms with Crippen LogP contribution < -0.4 is 4.74 Å². The molecule has 1 aromatic carbocycles. The second-order valence-corrected chi connectivity index (χ2v) is 5.82. The topological polar surface area (TPSA) is 53.1 Å². The van der Waals surface area contributed by atoms with Gasteiger partial charge in [0, 0.05) is 33.7 Å². The smallest absolute Gasteiger partial charge is 0.261 e. The van der Waals surface area contributed by atoms with E-state index in [-0.39, 0.29) is 24.2 Å². The number of amides is 2. The predicted octanol–water partition coefficient (Wildman–Crippen LogP) is 0.435. The van der Waals surface area contributed by atoms with Gasteiger partial charge >= 0.3 is 0 Å². The van der Waals surface area contributed by atoms with Gasteiger partial charge in [-0.2, -0.15) is 0 Å². The fourth-order valence-electron chi connectivity index (χ4n) is 2.51. The van der Waals surface area contributed by atoms with Gasteiger partial charge in [0.15, 0.2) is 18.2 Å². The third-order valence-corrected chi connectivity index (χ3v) is 3.82. The van der Waals surface area contributed by atoms with Gasteiger partial charge < -0.3 is 19.4 Å². The van der Waals surface area contributed by atoms with Crippen LogP contribution in [0, 0.1) is 5.82 Å². The molecule has 2 amide bonds. The molecule has 0 bridgehead atoms. The lowest BCUT2D eigenvalue weighted by molar-refractivity contribution is -0.148. The third kappa shape index (κ3) is 4.19. The van der Waals surface area contributed by atoms with E-state index >= 15 is 0 Å². The maximum absolute atomic E-state index is 13.5. The lowest BCUT2D eigenvalue weighted by Crippen LogP contribution is -2.60. The molecule has 23 heavy (non-hydrogen) atoms. The van der Waals surface area contributed by atoms with E-state index in [1.54, 1.807) is 26.2 Å². The average Bonchev–Trinajstić information content (AvgIpc) is 2.52. The number of piperazine rings is 1. The van der Waals surface area contributed by atoms with E-state index in [0.717, 1.165) is 0 Å². The molecule has 126 valence electrons. The Morgan fingerprint density at radius 2 is 2.00 bits per heavy atom. The molecular weight excluding hydrogens is 301 g/mol. The zero-order valence-corrected chi connectivity index (χ0v) is 13.7. The number of carbonyl (C=O) groups excluding carboxylic acids is 2. The van der Waals surface area contributed by atoms with Gasteiger partial charge in [-0.25, -0.2) is 4.39 Å². The summed E-state index contributed by atoms with van der Waals surface area (Å²) >= 11 is 0. The minimum absolute atomic E-state index is 0.0328. The summed E-state index contributed by atoms with van der Waals surface area (Å²) in [6.45, 7) is 1.31. The number of hydrogen-bond donors (Lipinski definition) is 0. The van der Waals surface area contributed by atoms with Gasteiger partial charge in [0.05, 0.1) is 0 Å². The van der Waals surface area contributed by atoms with Crippen molar-refractivity contribution in [3.63, 3.8) is 0 Å². The van der Waals surface area contributed by atoms with E-state index < -0.39 is 11.9 Å². The lowest BCUT2D eigenvalue weighted by atomic mass is 10.1. The third-order valence-electron chi connectivity index (χ3n) is 3.82. The van der Waals surface area contributed by atoms with Crippen molar-refractivity contribution in [2.45, 2.75) is 6.04 Å². The van der Waals surface area contributed by atoms with Gasteiger partial charge in [-0.1, -0.05) is 12.1 Å². The molecule has 1 aromatic rings. The Morgan fingerprint density at radius 1 is 1.30 bits per heavy atom. The van der Waals surface area contributed by atoms with Crippen LogP contribution in [0.15, 0.2) is 24.3 Å². The molecule has 0 N–H and O–H groups in total. The fourth-order valence-corrected chi connectivity index (χ4v) is 2.51. The standard InChI is InChI=1S/C16H22FN3O3/c1-18(2)16(22)13-10-19(3)8-9-20(13)15(21)11-23-14-7-5-4-6-12(14)17/h4-7,13H,8-11H2,1-3H3. The van der Waals surface area contributed by atoms with Crippen LogP contribution in [0.5, 0.6) is 5.75 Å². The van der Waals surface area contributed by atoms with Crippen molar-refractivity contribution < 1.29 is 18.7 Å². The zero-order chi connectivity index (χ0) is 17.0. The Labute approximate surface area is 135 Å². The molecule has 0 aromatic heterocycles. The summed E-state index contributed by atoms with van der Waals surface area (Å²) in [6, 6.07) is 5.39. The van der Waals surface area contributed by atoms with Crippen LogP contribution in [0.25, 0.3) is 0 Å². The summed E-state index contributed by atoms with van der Waals surface area (Å²) in [6.07, 6.45) is 0. The molecule has 6 nitrogen and oxygen atoms in total. The molecule has 1 aliphatic heterocycles. The molecule has 0 aliphatic carbocycles. The maximum atomic E-state index is 13.5. The van der Waals surface area contributed by atoms with Crippen molar-refractivity contribution in [1.82, 2.24) is 14.7 Å². The molecule has 2 rings (SSSR count). The van der Waals surface area contributed by atoms with Crippen molar-refractivity contribution in [1.29, 1.82) is 0 Å². The van der Waals surface area contributed by atoms with Crippen molar-refractivity contribution >= 4 is 11.8 Å². The summed E-state index contributed by atoms with van der Waals surface area (Å²) in [5.41, 5.74) is 0. The SMILES string of the molecule is CN1CCN(C(=O)COc2ccccc2F)C(C(=O)N(C)C)C1. The highest BCUT2D eigenvalue weighted by atomic mass is 19.1. The van der Waals surface area contributed by atoms with Crippen LogP contribution in [-0.2, 0) is 9.59 Å². The van der Waals surface area contributed by atoms with Gasteiger partial charge in [-0.3, -0.25) is 9.59 Å². The van der Waals surface area contributed by atoms with Crippen molar-refractivity contribution in [2.75, 3.05) is 47.4 Å². The predicted molar refractivity (Wildman–Crippen MR) is 83.6 cm³/mol. The highest BCUT2D eigenvalue weighted by Crippen LogP contribution is 2.16. The summed E-state index contributed by atoms with van der Waals surface area (Å²) in [5, 5.41) is 0. The number of para-hydroxylation sites is 1. The van der Waals surface area contributed by atoms with E-state index in [1.807, 2.05) is 11.9 Å². The second-order valence-electron chi connectivity index (χ2n) is 5.82. The van der Waals surface area contributed by atoms with Gasteiger partial charge in [0.2, 0.25) is 5.91 Å². The summed E-state index contributed by atoms with van der Waals surface area (Å²) in [5.74, 6) is -0.928. The quantitative estimate of drug-likeness (QED) is 0.807. The molecule has 0 saturated carbocycles.